The number of aromatic amines is 1. The van der Waals surface area contributed by atoms with Crippen molar-refractivity contribution >= 4 is 16.6 Å². The Hall–Kier alpha value is -1.55. The van der Waals surface area contributed by atoms with Crippen molar-refractivity contribution in [1.82, 2.24) is 15.5 Å². The molecule has 3 N–H and O–H groups in total. The number of piperidine rings is 1. The molecule has 2 heterocycles. The van der Waals surface area contributed by atoms with Gasteiger partial charge in [-0.15, -0.1) is 0 Å². The molecule has 1 aromatic heterocycles. The predicted octanol–water partition coefficient (Wildman–Crippen LogP) is 1.73. The maximum atomic E-state index is 4.08. The molecule has 4 heteroatoms. The lowest BCUT2D eigenvalue weighted by Gasteiger charge is -2.24. The fraction of sp³-hybridized carbons (Fsp3) is 0.417. The lowest BCUT2D eigenvalue weighted by molar-refractivity contribution is 0.479. The van der Waals surface area contributed by atoms with Crippen LogP contribution in [0.5, 0.6) is 0 Å². The third-order valence-corrected chi connectivity index (χ3v) is 3.18. The molecule has 0 aliphatic carbocycles. The van der Waals surface area contributed by atoms with Crippen molar-refractivity contribution in [3.05, 3.63) is 24.4 Å². The van der Waals surface area contributed by atoms with Gasteiger partial charge in [0.1, 0.15) is 0 Å². The molecule has 2 aromatic rings. The normalized spacial score (nSPS) is 17.8. The molecule has 1 saturated heterocycles. The molecule has 4 nitrogen and oxygen atoms in total. The van der Waals surface area contributed by atoms with Gasteiger partial charge in [0.2, 0.25) is 0 Å². The lowest BCUT2D eigenvalue weighted by Crippen LogP contribution is -2.35. The number of hydrogen-bond acceptors (Lipinski definition) is 3. The Morgan fingerprint density at radius 3 is 3.00 bits per heavy atom. The molecule has 0 unspecified atom stereocenters. The largest absolute Gasteiger partial charge is 0.382 e. The molecule has 1 fully saturated rings. The van der Waals surface area contributed by atoms with Gasteiger partial charge in [0.15, 0.2) is 0 Å². The molecule has 1 aliphatic rings. The summed E-state index contributed by atoms with van der Waals surface area (Å²) in [4.78, 5) is 0. The molecule has 0 spiro atoms. The third-order valence-electron chi connectivity index (χ3n) is 3.18. The van der Waals surface area contributed by atoms with Gasteiger partial charge >= 0.3 is 0 Å². The van der Waals surface area contributed by atoms with Crippen LogP contribution in [0.3, 0.4) is 0 Å². The van der Waals surface area contributed by atoms with E-state index in [9.17, 15) is 0 Å². The first-order valence-corrected chi connectivity index (χ1v) is 5.83. The molecule has 0 radical (unpaired) electrons. The predicted molar refractivity (Wildman–Crippen MR) is 65.6 cm³/mol. The summed E-state index contributed by atoms with van der Waals surface area (Å²) in [6.45, 7) is 2.22. The van der Waals surface area contributed by atoms with Crippen LogP contribution in [-0.2, 0) is 0 Å². The molecule has 0 amide bonds. The molecule has 0 bridgehead atoms. The smallest absolute Gasteiger partial charge is 0.0671 e. The van der Waals surface area contributed by atoms with E-state index in [1.807, 2.05) is 6.20 Å². The molecular weight excluding hydrogens is 200 g/mol. The first-order valence-electron chi connectivity index (χ1n) is 5.83. The zero-order valence-electron chi connectivity index (χ0n) is 9.16. The van der Waals surface area contributed by atoms with Gasteiger partial charge in [-0.05, 0) is 38.1 Å². The minimum absolute atomic E-state index is 0.585. The lowest BCUT2D eigenvalue weighted by atomic mass is 10.1. The quantitative estimate of drug-likeness (QED) is 0.716. The number of aromatic nitrogens is 2. The van der Waals surface area contributed by atoms with E-state index in [1.54, 1.807) is 0 Å². The number of nitrogens with one attached hydrogen (secondary N) is 3. The number of hydrogen-bond donors (Lipinski definition) is 3. The van der Waals surface area contributed by atoms with E-state index in [0.717, 1.165) is 18.6 Å². The Morgan fingerprint density at radius 1 is 1.25 bits per heavy atom. The molecular formula is C12H16N4. The minimum atomic E-state index is 0.585. The fourth-order valence-corrected chi connectivity index (χ4v) is 2.28. The van der Waals surface area contributed by atoms with Crippen LogP contribution >= 0.6 is 0 Å². The van der Waals surface area contributed by atoms with Crippen molar-refractivity contribution in [2.24, 2.45) is 0 Å². The van der Waals surface area contributed by atoms with Gasteiger partial charge in [0, 0.05) is 17.1 Å². The van der Waals surface area contributed by atoms with Crippen LogP contribution in [0.1, 0.15) is 12.8 Å². The summed E-state index contributed by atoms with van der Waals surface area (Å²) in [6, 6.07) is 6.82. The molecule has 0 saturated carbocycles. The van der Waals surface area contributed by atoms with Gasteiger partial charge in [-0.25, -0.2) is 0 Å². The number of rotatable bonds is 2. The summed E-state index contributed by atoms with van der Waals surface area (Å²) in [6.07, 6.45) is 4.27. The standard InChI is InChI=1S/C12H16N4/c1-2-11(10-8-14-16-12(10)3-1)15-9-4-6-13-7-5-9/h1-3,8-9,13,15H,4-7H2,(H,14,16). The topological polar surface area (TPSA) is 52.7 Å². The molecule has 0 atom stereocenters. The number of anilines is 1. The monoisotopic (exact) mass is 216 g/mol. The van der Waals surface area contributed by atoms with Crippen LogP contribution in [0, 0.1) is 0 Å². The summed E-state index contributed by atoms with van der Waals surface area (Å²) >= 11 is 0. The highest BCUT2D eigenvalue weighted by molar-refractivity contribution is 5.90. The van der Waals surface area contributed by atoms with Crippen molar-refractivity contribution in [2.75, 3.05) is 18.4 Å². The van der Waals surface area contributed by atoms with Gasteiger partial charge in [-0.2, -0.15) is 5.10 Å². The highest BCUT2D eigenvalue weighted by atomic mass is 15.1. The number of nitrogens with zero attached hydrogens (tertiary/aromatic N) is 1. The van der Waals surface area contributed by atoms with E-state index in [-0.39, 0.29) is 0 Å². The summed E-state index contributed by atoms with van der Waals surface area (Å²) in [5, 5.41) is 15.2. The SMILES string of the molecule is c1cc(NC2CCNCC2)c2cn[nH]c2c1. The number of fused-ring (bicyclic) bond motifs is 1. The van der Waals surface area contributed by atoms with Gasteiger partial charge in [0.05, 0.1) is 11.7 Å². The number of benzene rings is 1. The highest BCUT2D eigenvalue weighted by Crippen LogP contribution is 2.23. The Bertz CT molecular complexity index is 471. The summed E-state index contributed by atoms with van der Waals surface area (Å²) in [7, 11) is 0. The minimum Gasteiger partial charge on any atom is -0.382 e. The fourth-order valence-electron chi connectivity index (χ4n) is 2.28. The van der Waals surface area contributed by atoms with Crippen LogP contribution < -0.4 is 10.6 Å². The second-order valence-electron chi connectivity index (χ2n) is 4.31. The average Bonchev–Trinajstić information content (AvgIpc) is 2.80. The van der Waals surface area contributed by atoms with Crippen molar-refractivity contribution in [3.8, 4) is 0 Å². The Morgan fingerprint density at radius 2 is 2.12 bits per heavy atom. The Kier molecular flexibility index (Phi) is 2.50. The molecule has 1 aromatic carbocycles. The summed E-state index contributed by atoms with van der Waals surface area (Å²) < 4.78 is 0. The molecule has 16 heavy (non-hydrogen) atoms. The summed E-state index contributed by atoms with van der Waals surface area (Å²) in [5.74, 6) is 0. The first kappa shape index (κ1) is 9.66. The van der Waals surface area contributed by atoms with Gasteiger partial charge in [-0.1, -0.05) is 6.07 Å². The second-order valence-corrected chi connectivity index (χ2v) is 4.31. The van der Waals surface area contributed by atoms with Crippen LogP contribution in [-0.4, -0.2) is 29.3 Å². The van der Waals surface area contributed by atoms with E-state index in [1.165, 1.54) is 23.9 Å². The zero-order valence-corrected chi connectivity index (χ0v) is 9.16. The average molecular weight is 216 g/mol. The molecule has 84 valence electrons. The van der Waals surface area contributed by atoms with Crippen LogP contribution in [0.2, 0.25) is 0 Å². The van der Waals surface area contributed by atoms with Crippen molar-refractivity contribution in [3.63, 3.8) is 0 Å². The molecule has 3 rings (SSSR count). The zero-order chi connectivity index (χ0) is 10.8. The number of H-pyrrole nitrogens is 1. The van der Waals surface area contributed by atoms with Gasteiger partial charge in [-0.3, -0.25) is 5.10 Å². The maximum absolute atomic E-state index is 4.08. The molecule has 1 aliphatic heterocycles. The van der Waals surface area contributed by atoms with Crippen molar-refractivity contribution in [2.45, 2.75) is 18.9 Å². The van der Waals surface area contributed by atoms with E-state index < -0.39 is 0 Å². The van der Waals surface area contributed by atoms with Crippen molar-refractivity contribution in [1.29, 1.82) is 0 Å². The van der Waals surface area contributed by atoms with E-state index >= 15 is 0 Å². The highest BCUT2D eigenvalue weighted by Gasteiger charge is 2.13. The second kappa shape index (κ2) is 4.14. The van der Waals surface area contributed by atoms with Gasteiger partial charge in [0.25, 0.3) is 0 Å². The Balaban J connectivity index is 1.85. The summed E-state index contributed by atoms with van der Waals surface area (Å²) in [5.41, 5.74) is 2.29. The Labute approximate surface area is 94.4 Å². The first-order chi connectivity index (χ1) is 7.93. The van der Waals surface area contributed by atoms with Gasteiger partial charge < -0.3 is 10.6 Å². The van der Waals surface area contributed by atoms with E-state index in [0.29, 0.717) is 6.04 Å². The van der Waals surface area contributed by atoms with E-state index in [2.05, 4.69) is 39.0 Å². The van der Waals surface area contributed by atoms with Crippen LogP contribution in [0.15, 0.2) is 24.4 Å². The van der Waals surface area contributed by atoms with Crippen LogP contribution in [0.4, 0.5) is 5.69 Å². The van der Waals surface area contributed by atoms with Crippen LogP contribution in [0.25, 0.3) is 10.9 Å². The van der Waals surface area contributed by atoms with E-state index in [4.69, 9.17) is 0 Å². The maximum Gasteiger partial charge on any atom is 0.0671 e. The van der Waals surface area contributed by atoms with Crippen molar-refractivity contribution < 1.29 is 0 Å². The third kappa shape index (κ3) is 1.76.